The van der Waals surface area contributed by atoms with Crippen molar-refractivity contribution in [1.29, 1.82) is 4.78 Å². The molecule has 11 heteroatoms. The minimum absolute atomic E-state index is 0.0695. The highest BCUT2D eigenvalue weighted by Crippen LogP contribution is 2.33. The number of rotatable bonds is 4. The van der Waals surface area contributed by atoms with E-state index in [9.17, 15) is 13.2 Å². The molecule has 0 aliphatic rings. The van der Waals surface area contributed by atoms with Crippen molar-refractivity contribution < 1.29 is 26.4 Å². The molecule has 1 aromatic carbocycles. The molecular weight excluding hydrogens is 395 g/mol. The number of halogens is 4. The van der Waals surface area contributed by atoms with Gasteiger partial charge in [-0.05, 0) is 37.3 Å². The van der Waals surface area contributed by atoms with E-state index in [2.05, 4.69) is 10.1 Å². The molecule has 1 N–H and O–H groups in total. The zero-order valence-electron chi connectivity index (χ0n) is 13.3. The van der Waals surface area contributed by atoms with E-state index in [4.69, 9.17) is 29.6 Å². The summed E-state index contributed by atoms with van der Waals surface area (Å²) in [5, 5.41) is 3.92. The number of oxime groups is 1. The summed E-state index contributed by atoms with van der Waals surface area (Å²) < 4.78 is 61.8. The van der Waals surface area contributed by atoms with Crippen LogP contribution in [0.1, 0.15) is 23.7 Å². The zero-order chi connectivity index (χ0) is 19.7. The second kappa shape index (κ2) is 9.88. The summed E-state index contributed by atoms with van der Waals surface area (Å²) in [6, 6.07) is 8.59. The van der Waals surface area contributed by atoms with Gasteiger partial charge in [0.25, 0.3) is 0 Å². The molecular formula is C15H13ClF3N3O3S. The van der Waals surface area contributed by atoms with Crippen molar-refractivity contribution in [2.45, 2.75) is 19.7 Å². The molecule has 2 rings (SSSR count). The standard InChI is InChI=1S/C15H12ClF3N2O.HNO2S/c1-10(21-22-9-12-4-2-3-7-20-12)13-8-11(16)5-6-14(13)15(17,18)19;1-4(2)3/h2-8H,9H2,1H3;1H/b21-10+;. The maximum Gasteiger partial charge on any atom is 0.417 e. The fourth-order valence-corrected chi connectivity index (χ4v) is 1.96. The molecule has 0 aliphatic carbocycles. The number of aromatic nitrogens is 1. The number of benzene rings is 1. The largest absolute Gasteiger partial charge is 0.417 e. The first-order valence-electron chi connectivity index (χ1n) is 6.85. The molecule has 0 fully saturated rings. The van der Waals surface area contributed by atoms with Crippen LogP contribution in [0.3, 0.4) is 0 Å². The van der Waals surface area contributed by atoms with Gasteiger partial charge in [0, 0.05) is 16.8 Å². The summed E-state index contributed by atoms with van der Waals surface area (Å²) in [5.74, 6) is 0. The van der Waals surface area contributed by atoms with Crippen molar-refractivity contribution >= 4 is 27.8 Å². The van der Waals surface area contributed by atoms with Crippen LogP contribution >= 0.6 is 11.6 Å². The van der Waals surface area contributed by atoms with Gasteiger partial charge in [0.05, 0.1) is 17.0 Å². The fourth-order valence-electron chi connectivity index (χ4n) is 1.79. The molecule has 0 unspecified atom stereocenters. The molecule has 2 aromatic rings. The second-order valence-corrected chi connectivity index (χ2v) is 5.60. The number of nitrogens with one attached hydrogen (secondary N) is 1. The van der Waals surface area contributed by atoms with Crippen LogP contribution in [0.25, 0.3) is 0 Å². The SMILES string of the molecule is C/C(=N\OCc1ccccn1)c1cc(Cl)ccc1C(F)(F)F.N=S(=O)=O. The van der Waals surface area contributed by atoms with Crippen LogP contribution in [0.15, 0.2) is 47.8 Å². The maximum absolute atomic E-state index is 13.0. The highest BCUT2D eigenvalue weighted by molar-refractivity contribution is 7.60. The average molecular weight is 408 g/mol. The fraction of sp³-hybridized carbons (Fsp3) is 0.200. The Kier molecular flexibility index (Phi) is 8.20. The topological polar surface area (TPSA) is 92.5 Å². The predicted octanol–water partition coefficient (Wildman–Crippen LogP) is 4.32. The Morgan fingerprint density at radius 3 is 2.50 bits per heavy atom. The van der Waals surface area contributed by atoms with E-state index in [-0.39, 0.29) is 22.9 Å². The maximum atomic E-state index is 13.0. The van der Waals surface area contributed by atoms with Crippen LogP contribution in [0, 0.1) is 4.78 Å². The third kappa shape index (κ3) is 7.62. The minimum Gasteiger partial charge on any atom is -0.389 e. The quantitative estimate of drug-likeness (QED) is 0.603. The molecule has 0 aliphatic heterocycles. The van der Waals surface area contributed by atoms with Crippen molar-refractivity contribution in [2.24, 2.45) is 5.16 Å². The Morgan fingerprint density at radius 2 is 1.96 bits per heavy atom. The van der Waals surface area contributed by atoms with Crippen LogP contribution in [0.4, 0.5) is 13.2 Å². The van der Waals surface area contributed by atoms with Gasteiger partial charge < -0.3 is 4.84 Å². The van der Waals surface area contributed by atoms with E-state index in [1.807, 2.05) is 0 Å². The van der Waals surface area contributed by atoms with Crippen LogP contribution in [0.2, 0.25) is 5.02 Å². The molecule has 1 aromatic heterocycles. The highest BCUT2D eigenvalue weighted by atomic mass is 35.5. The molecule has 0 bridgehead atoms. The molecule has 0 amide bonds. The van der Waals surface area contributed by atoms with Gasteiger partial charge in [-0.3, -0.25) is 4.98 Å². The molecule has 0 atom stereocenters. The van der Waals surface area contributed by atoms with Gasteiger partial charge in [-0.15, -0.1) is 0 Å². The van der Waals surface area contributed by atoms with Crippen LogP contribution < -0.4 is 0 Å². The molecule has 6 nitrogen and oxygen atoms in total. The highest BCUT2D eigenvalue weighted by Gasteiger charge is 2.34. The van der Waals surface area contributed by atoms with E-state index < -0.39 is 22.2 Å². The second-order valence-electron chi connectivity index (χ2n) is 4.69. The first-order valence-corrected chi connectivity index (χ1v) is 8.30. The molecule has 140 valence electrons. The summed E-state index contributed by atoms with van der Waals surface area (Å²) in [5.41, 5.74) is -0.201. The molecule has 26 heavy (non-hydrogen) atoms. The average Bonchev–Trinajstić information content (AvgIpc) is 2.54. The Hall–Kier alpha value is -2.46. The zero-order valence-corrected chi connectivity index (χ0v) is 14.9. The molecule has 0 saturated heterocycles. The monoisotopic (exact) mass is 407 g/mol. The Labute approximate surface area is 153 Å². The number of pyridine rings is 1. The lowest BCUT2D eigenvalue weighted by Gasteiger charge is -2.12. The van der Waals surface area contributed by atoms with Gasteiger partial charge >= 0.3 is 16.7 Å². The van der Waals surface area contributed by atoms with Crippen LogP contribution in [0.5, 0.6) is 0 Å². The van der Waals surface area contributed by atoms with E-state index in [1.54, 1.807) is 24.4 Å². The van der Waals surface area contributed by atoms with Crippen molar-refractivity contribution in [3.8, 4) is 0 Å². The Balaban J connectivity index is 0.000000765. The first-order chi connectivity index (χ1) is 12.1. The van der Waals surface area contributed by atoms with Gasteiger partial charge in [-0.2, -0.15) is 26.4 Å². The normalized spacial score (nSPS) is 11.3. The number of hydrogen-bond donors (Lipinski definition) is 1. The first kappa shape index (κ1) is 21.6. The third-order valence-corrected chi connectivity index (χ3v) is 3.05. The lowest BCUT2D eigenvalue weighted by molar-refractivity contribution is -0.137. The Morgan fingerprint density at radius 1 is 1.31 bits per heavy atom. The van der Waals surface area contributed by atoms with Gasteiger partial charge in [-0.1, -0.05) is 22.8 Å². The van der Waals surface area contributed by atoms with Gasteiger partial charge in [0.15, 0.2) is 6.61 Å². The van der Waals surface area contributed by atoms with Crippen LogP contribution in [-0.2, 0) is 28.1 Å². The predicted molar refractivity (Wildman–Crippen MR) is 89.3 cm³/mol. The van der Waals surface area contributed by atoms with Crippen molar-refractivity contribution in [3.63, 3.8) is 0 Å². The van der Waals surface area contributed by atoms with E-state index in [0.29, 0.717) is 5.69 Å². The lowest BCUT2D eigenvalue weighted by Crippen LogP contribution is -2.12. The summed E-state index contributed by atoms with van der Waals surface area (Å²) in [6.45, 7) is 1.50. The molecule has 0 spiro atoms. The number of hydrogen-bond acceptors (Lipinski definition) is 6. The van der Waals surface area contributed by atoms with E-state index in [1.165, 1.54) is 19.1 Å². The van der Waals surface area contributed by atoms with Gasteiger partial charge in [0.2, 0.25) is 0 Å². The van der Waals surface area contributed by atoms with Crippen molar-refractivity contribution in [1.82, 2.24) is 4.98 Å². The summed E-state index contributed by atoms with van der Waals surface area (Å²) in [4.78, 5) is 9.08. The number of alkyl halides is 3. The summed E-state index contributed by atoms with van der Waals surface area (Å²) >= 11 is 5.77. The van der Waals surface area contributed by atoms with Crippen molar-refractivity contribution in [2.75, 3.05) is 0 Å². The molecule has 0 radical (unpaired) electrons. The van der Waals surface area contributed by atoms with E-state index >= 15 is 0 Å². The third-order valence-electron chi connectivity index (χ3n) is 2.82. The van der Waals surface area contributed by atoms with Gasteiger partial charge in [-0.25, -0.2) is 0 Å². The summed E-state index contributed by atoms with van der Waals surface area (Å²) in [7, 11) is -2.61. The Bertz CT molecular complexity index is 866. The lowest BCUT2D eigenvalue weighted by atomic mass is 10.0. The molecule has 1 heterocycles. The molecule has 0 saturated carbocycles. The van der Waals surface area contributed by atoms with Crippen LogP contribution in [-0.4, -0.2) is 19.1 Å². The minimum atomic E-state index is -4.49. The van der Waals surface area contributed by atoms with Crippen molar-refractivity contribution in [3.05, 3.63) is 64.4 Å². The summed E-state index contributed by atoms with van der Waals surface area (Å²) in [6.07, 6.45) is -2.90. The number of nitrogens with zero attached hydrogens (tertiary/aromatic N) is 2. The van der Waals surface area contributed by atoms with Gasteiger partial charge in [0.1, 0.15) is 0 Å². The smallest absolute Gasteiger partial charge is 0.389 e. The van der Waals surface area contributed by atoms with E-state index in [0.717, 1.165) is 6.07 Å².